The fourth-order valence-electron chi connectivity index (χ4n) is 2.39. The third-order valence-electron chi connectivity index (χ3n) is 3.33. The third kappa shape index (κ3) is 2.94. The van der Waals surface area contributed by atoms with Gasteiger partial charge in [-0.2, -0.15) is 0 Å². The Kier molecular flexibility index (Phi) is 3.69. The van der Waals surface area contributed by atoms with Gasteiger partial charge in [0.15, 0.2) is 6.61 Å². The van der Waals surface area contributed by atoms with Gasteiger partial charge in [-0.25, -0.2) is 0 Å². The highest BCUT2D eigenvalue weighted by Crippen LogP contribution is 2.33. The molecule has 4 nitrogen and oxygen atoms in total. The van der Waals surface area contributed by atoms with E-state index in [4.69, 9.17) is 4.74 Å². The molecule has 0 saturated heterocycles. The van der Waals surface area contributed by atoms with E-state index in [1.54, 1.807) is 18.2 Å². The summed E-state index contributed by atoms with van der Waals surface area (Å²) in [6.07, 6.45) is -0.759. The first-order chi connectivity index (χ1) is 10.0. The predicted octanol–water partition coefficient (Wildman–Crippen LogP) is 3.17. The Morgan fingerprint density at radius 2 is 2.05 bits per heavy atom. The molecule has 2 aromatic rings. The second-order valence-corrected chi connectivity index (χ2v) is 5.97. The first-order valence-electron chi connectivity index (χ1n) is 6.55. The van der Waals surface area contributed by atoms with Gasteiger partial charge >= 0.3 is 0 Å². The number of aliphatic hydroxyl groups is 1. The number of ether oxygens (including phenoxy) is 1. The quantitative estimate of drug-likeness (QED) is 0.877. The number of hydrogen-bond donors (Lipinski definition) is 2. The number of hydrogen-bond acceptors (Lipinski definition) is 3. The van der Waals surface area contributed by atoms with Gasteiger partial charge in [0.2, 0.25) is 0 Å². The molecule has 0 saturated carbocycles. The fraction of sp³-hybridized carbons (Fsp3) is 0.188. The van der Waals surface area contributed by atoms with Crippen LogP contribution in [0.15, 0.2) is 40.9 Å². The van der Waals surface area contributed by atoms with Crippen LogP contribution in [0.4, 0.5) is 5.69 Å². The fourth-order valence-corrected chi connectivity index (χ4v) is 3.01. The van der Waals surface area contributed by atoms with Crippen molar-refractivity contribution in [3.8, 4) is 5.75 Å². The molecule has 1 aliphatic heterocycles. The number of aryl methyl sites for hydroxylation is 1. The van der Waals surface area contributed by atoms with Crippen LogP contribution in [0.25, 0.3) is 0 Å². The van der Waals surface area contributed by atoms with E-state index in [9.17, 15) is 9.90 Å². The summed E-state index contributed by atoms with van der Waals surface area (Å²) in [7, 11) is 0. The van der Waals surface area contributed by atoms with E-state index in [-0.39, 0.29) is 12.5 Å². The molecule has 0 bridgehead atoms. The van der Waals surface area contributed by atoms with Crippen LogP contribution < -0.4 is 10.1 Å². The molecule has 1 aliphatic rings. The maximum atomic E-state index is 11.4. The molecule has 0 aliphatic carbocycles. The minimum atomic E-state index is -0.759. The van der Waals surface area contributed by atoms with Crippen molar-refractivity contribution in [1.29, 1.82) is 0 Å². The molecule has 21 heavy (non-hydrogen) atoms. The van der Waals surface area contributed by atoms with Gasteiger partial charge in [-0.15, -0.1) is 0 Å². The van der Waals surface area contributed by atoms with Gasteiger partial charge in [0, 0.05) is 4.47 Å². The zero-order valence-corrected chi connectivity index (χ0v) is 13.0. The summed E-state index contributed by atoms with van der Waals surface area (Å²) in [6, 6.07) is 11.1. The molecule has 1 unspecified atom stereocenters. The van der Waals surface area contributed by atoms with Crippen molar-refractivity contribution < 1.29 is 14.6 Å². The number of halogens is 1. The van der Waals surface area contributed by atoms with Gasteiger partial charge in [0.05, 0.1) is 5.69 Å². The topological polar surface area (TPSA) is 58.6 Å². The minimum absolute atomic E-state index is 0.0275. The molecule has 0 spiro atoms. The van der Waals surface area contributed by atoms with Crippen LogP contribution in [0.1, 0.15) is 22.8 Å². The largest absolute Gasteiger partial charge is 0.482 e. The summed E-state index contributed by atoms with van der Waals surface area (Å²) in [5, 5.41) is 13.3. The molecule has 108 valence electrons. The van der Waals surface area contributed by atoms with Gasteiger partial charge in [0.25, 0.3) is 5.91 Å². The molecule has 1 heterocycles. The second-order valence-electron chi connectivity index (χ2n) is 5.06. The molecular formula is C16H14BrNO3. The summed E-state index contributed by atoms with van der Waals surface area (Å²) in [4.78, 5) is 11.4. The van der Waals surface area contributed by atoms with E-state index in [2.05, 4.69) is 21.2 Å². The normalized spacial score (nSPS) is 14.9. The van der Waals surface area contributed by atoms with Crippen LogP contribution in [-0.2, 0) is 4.79 Å². The smallest absolute Gasteiger partial charge is 0.262 e. The number of fused-ring (bicyclic) bond motifs is 1. The second kappa shape index (κ2) is 5.50. The van der Waals surface area contributed by atoms with Crippen molar-refractivity contribution in [3.63, 3.8) is 0 Å². The maximum absolute atomic E-state index is 11.4. The van der Waals surface area contributed by atoms with Crippen LogP contribution in [0.5, 0.6) is 5.75 Å². The molecular weight excluding hydrogens is 334 g/mol. The molecule has 5 heteroatoms. The van der Waals surface area contributed by atoms with Gasteiger partial charge in [-0.3, -0.25) is 4.79 Å². The van der Waals surface area contributed by atoms with Crippen molar-refractivity contribution in [2.75, 3.05) is 11.9 Å². The predicted molar refractivity (Wildman–Crippen MR) is 83.5 cm³/mol. The molecule has 3 rings (SSSR count). The Morgan fingerprint density at radius 3 is 2.81 bits per heavy atom. The standard InChI is InChI=1S/C16H14BrNO3/c1-9-4-11(6-12(17)5-9)16(20)10-2-3-14-13(7-10)18-15(19)8-21-14/h2-7,16,20H,8H2,1H3,(H,18,19). The SMILES string of the molecule is Cc1cc(Br)cc(C(O)c2ccc3c(c2)NC(=O)CO3)c1. The summed E-state index contributed by atoms with van der Waals surface area (Å²) < 4.78 is 6.24. The van der Waals surface area contributed by atoms with Crippen LogP contribution in [0.3, 0.4) is 0 Å². The summed E-state index contributed by atoms with van der Waals surface area (Å²) >= 11 is 3.43. The van der Waals surface area contributed by atoms with E-state index in [1.807, 2.05) is 25.1 Å². The molecule has 0 fully saturated rings. The first kappa shape index (κ1) is 14.1. The average Bonchev–Trinajstić information content (AvgIpc) is 2.44. The molecule has 1 amide bonds. The van der Waals surface area contributed by atoms with Crippen molar-refractivity contribution in [2.24, 2.45) is 0 Å². The summed E-state index contributed by atoms with van der Waals surface area (Å²) in [5.74, 6) is 0.434. The highest BCUT2D eigenvalue weighted by molar-refractivity contribution is 9.10. The number of benzene rings is 2. The van der Waals surface area contributed by atoms with Crippen LogP contribution in [-0.4, -0.2) is 17.6 Å². The Labute approximate surface area is 130 Å². The summed E-state index contributed by atoms with van der Waals surface area (Å²) in [6.45, 7) is 2.00. The number of nitrogens with one attached hydrogen (secondary N) is 1. The highest BCUT2D eigenvalue weighted by atomic mass is 79.9. The van der Waals surface area contributed by atoms with Crippen molar-refractivity contribution in [3.05, 3.63) is 57.6 Å². The maximum Gasteiger partial charge on any atom is 0.262 e. The van der Waals surface area contributed by atoms with Gasteiger partial charge < -0.3 is 15.2 Å². The van der Waals surface area contributed by atoms with Gasteiger partial charge in [-0.1, -0.05) is 28.1 Å². The Balaban J connectivity index is 1.96. The lowest BCUT2D eigenvalue weighted by Gasteiger charge is -2.20. The Morgan fingerprint density at radius 1 is 1.24 bits per heavy atom. The number of carbonyl (C=O) groups excluding carboxylic acids is 1. The van der Waals surface area contributed by atoms with E-state index in [0.717, 1.165) is 15.6 Å². The third-order valence-corrected chi connectivity index (χ3v) is 3.79. The molecule has 0 radical (unpaired) electrons. The number of carbonyl (C=O) groups is 1. The van der Waals surface area contributed by atoms with Crippen LogP contribution in [0, 0.1) is 6.92 Å². The number of aliphatic hydroxyl groups excluding tert-OH is 1. The average molecular weight is 348 g/mol. The van der Waals surface area contributed by atoms with Crippen LogP contribution in [0.2, 0.25) is 0 Å². The van der Waals surface area contributed by atoms with E-state index < -0.39 is 6.10 Å². The van der Waals surface area contributed by atoms with Crippen molar-refractivity contribution in [2.45, 2.75) is 13.0 Å². The lowest BCUT2D eigenvalue weighted by atomic mass is 9.99. The zero-order chi connectivity index (χ0) is 15.0. The summed E-state index contributed by atoms with van der Waals surface area (Å²) in [5.41, 5.74) is 3.16. The van der Waals surface area contributed by atoms with Crippen LogP contribution >= 0.6 is 15.9 Å². The monoisotopic (exact) mass is 347 g/mol. The minimum Gasteiger partial charge on any atom is -0.482 e. The van der Waals surface area contributed by atoms with E-state index in [1.165, 1.54) is 0 Å². The van der Waals surface area contributed by atoms with E-state index in [0.29, 0.717) is 17.0 Å². The van der Waals surface area contributed by atoms with E-state index >= 15 is 0 Å². The highest BCUT2D eigenvalue weighted by Gasteiger charge is 2.19. The first-order valence-corrected chi connectivity index (χ1v) is 7.34. The molecule has 0 aromatic heterocycles. The number of rotatable bonds is 2. The van der Waals surface area contributed by atoms with Crippen molar-refractivity contribution >= 4 is 27.5 Å². The lowest BCUT2D eigenvalue weighted by molar-refractivity contribution is -0.118. The zero-order valence-electron chi connectivity index (χ0n) is 11.4. The number of amides is 1. The number of anilines is 1. The van der Waals surface area contributed by atoms with Gasteiger partial charge in [0.1, 0.15) is 11.9 Å². The van der Waals surface area contributed by atoms with Gasteiger partial charge in [-0.05, 0) is 47.9 Å². The Hall–Kier alpha value is -1.85. The van der Waals surface area contributed by atoms with Crippen molar-refractivity contribution in [1.82, 2.24) is 0 Å². The lowest BCUT2D eigenvalue weighted by Crippen LogP contribution is -2.25. The molecule has 2 N–H and O–H groups in total. The molecule has 1 atom stereocenters. The molecule has 2 aromatic carbocycles. The Bertz CT molecular complexity index is 694.